The van der Waals surface area contributed by atoms with Gasteiger partial charge in [0.15, 0.2) is 0 Å². The first-order valence-corrected chi connectivity index (χ1v) is 8.07. The average Bonchev–Trinajstić information content (AvgIpc) is 2.40. The largest absolute Gasteiger partial charge is 0.310 e. The maximum absolute atomic E-state index is 3.64. The second-order valence-corrected chi connectivity index (χ2v) is 5.98. The monoisotopic (exact) mass is 276 g/mol. The van der Waals surface area contributed by atoms with Gasteiger partial charge in [-0.15, -0.1) is 0 Å². The van der Waals surface area contributed by atoms with E-state index in [0.29, 0.717) is 6.04 Å². The Balaban J connectivity index is 2.63. The second kappa shape index (κ2) is 9.15. The van der Waals surface area contributed by atoms with Gasteiger partial charge in [0.25, 0.3) is 0 Å². The van der Waals surface area contributed by atoms with E-state index in [1.807, 2.05) is 0 Å². The highest BCUT2D eigenvalue weighted by atomic mass is 15.1. The van der Waals surface area contributed by atoms with Crippen LogP contribution in [0.15, 0.2) is 18.2 Å². The molecule has 114 valence electrons. The molecular weight excluding hydrogens is 244 g/mol. The van der Waals surface area contributed by atoms with Crippen molar-refractivity contribution in [1.29, 1.82) is 0 Å². The minimum atomic E-state index is 0.475. The molecular formula is C18H32N2. The van der Waals surface area contributed by atoms with E-state index >= 15 is 0 Å². The van der Waals surface area contributed by atoms with E-state index in [0.717, 1.165) is 13.1 Å². The Bertz CT molecular complexity index is 367. The smallest absolute Gasteiger partial charge is 0.0332 e. The molecule has 0 aliphatic rings. The van der Waals surface area contributed by atoms with Gasteiger partial charge in [-0.25, -0.2) is 0 Å². The zero-order chi connectivity index (χ0) is 15.0. The van der Waals surface area contributed by atoms with Crippen LogP contribution in [-0.2, 0) is 0 Å². The van der Waals surface area contributed by atoms with Gasteiger partial charge in [0, 0.05) is 6.04 Å². The quantitative estimate of drug-likeness (QED) is 0.731. The van der Waals surface area contributed by atoms with E-state index in [9.17, 15) is 0 Å². The van der Waals surface area contributed by atoms with Crippen molar-refractivity contribution in [2.75, 3.05) is 26.7 Å². The second-order valence-electron chi connectivity index (χ2n) is 5.98. The minimum Gasteiger partial charge on any atom is -0.310 e. The maximum Gasteiger partial charge on any atom is 0.0332 e. The first kappa shape index (κ1) is 17.2. The molecule has 1 rings (SSSR count). The third kappa shape index (κ3) is 6.06. The van der Waals surface area contributed by atoms with Crippen molar-refractivity contribution in [1.82, 2.24) is 10.2 Å². The highest BCUT2D eigenvalue weighted by Crippen LogP contribution is 2.20. The molecule has 1 unspecified atom stereocenters. The molecule has 0 bridgehead atoms. The number of nitrogens with one attached hydrogen (secondary N) is 1. The molecule has 1 N–H and O–H groups in total. The number of nitrogens with zero attached hydrogens (tertiary/aromatic N) is 1. The predicted molar refractivity (Wildman–Crippen MR) is 89.4 cm³/mol. The summed E-state index contributed by atoms with van der Waals surface area (Å²) >= 11 is 0. The number of aryl methyl sites for hydroxylation is 2. The number of hydrogen-bond acceptors (Lipinski definition) is 2. The summed E-state index contributed by atoms with van der Waals surface area (Å²) in [7, 11) is 2.24. The summed E-state index contributed by atoms with van der Waals surface area (Å²) in [5.74, 6) is 0. The standard InChI is InChI=1S/C18H32N2/c1-6-8-10-20(5)11-9-18(19-7-2)17-13-15(3)12-16(4)14-17/h12-14,18-19H,6-11H2,1-5H3. The van der Waals surface area contributed by atoms with Gasteiger partial charge in [0.2, 0.25) is 0 Å². The van der Waals surface area contributed by atoms with Crippen LogP contribution in [-0.4, -0.2) is 31.6 Å². The fourth-order valence-corrected chi connectivity index (χ4v) is 2.73. The van der Waals surface area contributed by atoms with Gasteiger partial charge in [-0.2, -0.15) is 0 Å². The third-order valence-electron chi connectivity index (χ3n) is 3.79. The highest BCUT2D eigenvalue weighted by molar-refractivity contribution is 5.30. The Morgan fingerprint density at radius 1 is 1.05 bits per heavy atom. The van der Waals surface area contributed by atoms with Gasteiger partial charge in [-0.05, 0) is 58.9 Å². The van der Waals surface area contributed by atoms with E-state index in [1.54, 1.807) is 0 Å². The molecule has 0 spiro atoms. The molecule has 0 saturated heterocycles. The van der Waals surface area contributed by atoms with Gasteiger partial charge < -0.3 is 10.2 Å². The molecule has 1 aromatic rings. The molecule has 0 aliphatic carbocycles. The van der Waals surface area contributed by atoms with Crippen LogP contribution >= 0.6 is 0 Å². The third-order valence-corrected chi connectivity index (χ3v) is 3.79. The Labute approximate surface area is 125 Å². The van der Waals surface area contributed by atoms with Crippen molar-refractivity contribution in [3.63, 3.8) is 0 Å². The van der Waals surface area contributed by atoms with E-state index in [1.165, 1.54) is 42.5 Å². The number of benzene rings is 1. The van der Waals surface area contributed by atoms with Crippen molar-refractivity contribution in [2.45, 2.75) is 53.0 Å². The van der Waals surface area contributed by atoms with Crippen LogP contribution < -0.4 is 5.32 Å². The summed E-state index contributed by atoms with van der Waals surface area (Å²) in [4.78, 5) is 2.45. The molecule has 1 atom stereocenters. The van der Waals surface area contributed by atoms with E-state index in [-0.39, 0.29) is 0 Å². The SMILES string of the molecule is CCCCN(C)CCC(NCC)c1cc(C)cc(C)c1. The lowest BCUT2D eigenvalue weighted by Crippen LogP contribution is -2.28. The van der Waals surface area contributed by atoms with Crippen LogP contribution in [0, 0.1) is 13.8 Å². The Morgan fingerprint density at radius 3 is 2.25 bits per heavy atom. The predicted octanol–water partition coefficient (Wildman–Crippen LogP) is 4.08. The first-order chi connectivity index (χ1) is 9.56. The van der Waals surface area contributed by atoms with Gasteiger partial charge >= 0.3 is 0 Å². The van der Waals surface area contributed by atoms with E-state index in [2.05, 4.69) is 63.2 Å². The van der Waals surface area contributed by atoms with Gasteiger partial charge in [0.05, 0.1) is 0 Å². The molecule has 1 aromatic carbocycles. The molecule has 0 fully saturated rings. The normalized spacial score (nSPS) is 12.9. The van der Waals surface area contributed by atoms with Crippen LogP contribution in [0.25, 0.3) is 0 Å². The molecule has 0 heterocycles. The highest BCUT2D eigenvalue weighted by Gasteiger charge is 2.12. The summed E-state index contributed by atoms with van der Waals surface area (Å²) in [5, 5.41) is 3.64. The lowest BCUT2D eigenvalue weighted by atomic mass is 9.99. The van der Waals surface area contributed by atoms with Crippen LogP contribution in [0.4, 0.5) is 0 Å². The fourth-order valence-electron chi connectivity index (χ4n) is 2.73. The van der Waals surface area contributed by atoms with Crippen molar-refractivity contribution in [3.8, 4) is 0 Å². The zero-order valence-electron chi connectivity index (χ0n) is 14.0. The summed E-state index contributed by atoms with van der Waals surface area (Å²) < 4.78 is 0. The molecule has 2 heteroatoms. The zero-order valence-corrected chi connectivity index (χ0v) is 14.0. The lowest BCUT2D eigenvalue weighted by molar-refractivity contribution is 0.303. The van der Waals surface area contributed by atoms with Gasteiger partial charge in [-0.1, -0.05) is 49.6 Å². The van der Waals surface area contributed by atoms with Crippen LogP contribution in [0.1, 0.15) is 55.8 Å². The maximum atomic E-state index is 3.64. The van der Waals surface area contributed by atoms with Crippen molar-refractivity contribution < 1.29 is 0 Å². The molecule has 0 aliphatic heterocycles. The van der Waals surface area contributed by atoms with Crippen molar-refractivity contribution >= 4 is 0 Å². The molecule has 0 radical (unpaired) electrons. The summed E-state index contributed by atoms with van der Waals surface area (Å²) in [6.07, 6.45) is 3.75. The van der Waals surface area contributed by atoms with E-state index in [4.69, 9.17) is 0 Å². The first-order valence-electron chi connectivity index (χ1n) is 8.07. The summed E-state index contributed by atoms with van der Waals surface area (Å²) in [6, 6.07) is 7.38. The average molecular weight is 276 g/mol. The Kier molecular flexibility index (Phi) is 7.86. The topological polar surface area (TPSA) is 15.3 Å². The van der Waals surface area contributed by atoms with Gasteiger partial charge in [-0.3, -0.25) is 0 Å². The van der Waals surface area contributed by atoms with Crippen molar-refractivity contribution in [2.24, 2.45) is 0 Å². The Morgan fingerprint density at radius 2 is 1.70 bits per heavy atom. The van der Waals surface area contributed by atoms with Crippen LogP contribution in [0.3, 0.4) is 0 Å². The van der Waals surface area contributed by atoms with Crippen LogP contribution in [0.2, 0.25) is 0 Å². The molecule has 0 amide bonds. The van der Waals surface area contributed by atoms with E-state index < -0.39 is 0 Å². The molecule has 0 aromatic heterocycles. The van der Waals surface area contributed by atoms with Crippen LogP contribution in [0.5, 0.6) is 0 Å². The number of unbranched alkanes of at least 4 members (excludes halogenated alkanes) is 1. The molecule has 0 saturated carbocycles. The number of hydrogen-bond donors (Lipinski definition) is 1. The summed E-state index contributed by atoms with van der Waals surface area (Å²) in [5.41, 5.74) is 4.16. The lowest BCUT2D eigenvalue weighted by Gasteiger charge is -2.23. The molecule has 2 nitrogen and oxygen atoms in total. The Hall–Kier alpha value is -0.860. The molecule has 20 heavy (non-hydrogen) atoms. The summed E-state index contributed by atoms with van der Waals surface area (Å²) in [6.45, 7) is 12.2. The van der Waals surface area contributed by atoms with Crippen molar-refractivity contribution in [3.05, 3.63) is 34.9 Å². The fraction of sp³-hybridized carbons (Fsp3) is 0.667. The van der Waals surface area contributed by atoms with Gasteiger partial charge in [0.1, 0.15) is 0 Å². The minimum absolute atomic E-state index is 0.475. The number of rotatable bonds is 9.